The summed E-state index contributed by atoms with van der Waals surface area (Å²) in [6, 6.07) is 10.2. The third kappa shape index (κ3) is 2.12. The Bertz CT molecular complexity index is 708. The van der Waals surface area contributed by atoms with Crippen LogP contribution in [0, 0.1) is 0 Å². The summed E-state index contributed by atoms with van der Waals surface area (Å²) >= 11 is 0. The molecule has 2 aromatic rings. The van der Waals surface area contributed by atoms with E-state index in [1.807, 2.05) is 24.3 Å². The fourth-order valence-corrected chi connectivity index (χ4v) is 2.49. The van der Waals surface area contributed by atoms with Crippen LogP contribution < -0.4 is 10.5 Å². The minimum absolute atomic E-state index is 0.226. The lowest BCUT2D eigenvalue weighted by Crippen LogP contribution is -2.37. The van der Waals surface area contributed by atoms with Gasteiger partial charge in [-0.05, 0) is 18.6 Å². The molecule has 1 atom stereocenters. The highest BCUT2D eigenvalue weighted by molar-refractivity contribution is 6.06. The molecule has 5 heteroatoms. The Hall–Kier alpha value is -2.40. The number of hydrogen-bond donors (Lipinski definition) is 2. The zero-order valence-corrected chi connectivity index (χ0v) is 10.7. The topological polar surface area (TPSA) is 73.4 Å². The van der Waals surface area contributed by atoms with Crippen molar-refractivity contribution < 1.29 is 9.90 Å². The number of anilines is 1. The van der Waals surface area contributed by atoms with Crippen LogP contribution in [0.15, 0.2) is 47.4 Å². The summed E-state index contributed by atoms with van der Waals surface area (Å²) in [6.45, 7) is 0.434. The Morgan fingerprint density at radius 1 is 1.30 bits per heavy atom. The Kier molecular flexibility index (Phi) is 3.12. The van der Waals surface area contributed by atoms with Gasteiger partial charge < -0.3 is 15.0 Å². The molecule has 0 fully saturated rings. The van der Waals surface area contributed by atoms with Crippen molar-refractivity contribution in [3.8, 4) is 0 Å². The predicted octanol–water partition coefficient (Wildman–Crippen LogP) is 1.46. The second-order valence-corrected chi connectivity index (χ2v) is 4.76. The fraction of sp³-hybridized carbons (Fsp3) is 0.200. The number of H-pyrrole nitrogens is 1. The second-order valence-electron chi connectivity index (χ2n) is 4.76. The van der Waals surface area contributed by atoms with Gasteiger partial charge in [-0.1, -0.05) is 18.2 Å². The summed E-state index contributed by atoms with van der Waals surface area (Å²) in [6.07, 6.45) is 1.40. The number of fused-ring (bicyclic) bond motifs is 1. The smallest absolute Gasteiger partial charge is 0.258 e. The van der Waals surface area contributed by atoms with E-state index in [1.54, 1.807) is 11.0 Å². The van der Waals surface area contributed by atoms with Crippen LogP contribution in [0.5, 0.6) is 0 Å². The molecule has 1 amide bonds. The van der Waals surface area contributed by atoms with E-state index in [2.05, 4.69) is 4.98 Å². The van der Waals surface area contributed by atoms with Crippen LogP contribution in [0.4, 0.5) is 5.69 Å². The quantitative estimate of drug-likeness (QED) is 0.824. The highest BCUT2D eigenvalue weighted by atomic mass is 16.3. The molecule has 2 heterocycles. The third-order valence-electron chi connectivity index (χ3n) is 3.48. The van der Waals surface area contributed by atoms with Crippen molar-refractivity contribution >= 4 is 11.6 Å². The summed E-state index contributed by atoms with van der Waals surface area (Å²) < 4.78 is 0. The lowest BCUT2D eigenvalue weighted by molar-refractivity contribution is 0.0970. The summed E-state index contributed by atoms with van der Waals surface area (Å²) in [5, 5.41) is 9.98. The molecule has 5 nitrogen and oxygen atoms in total. The van der Waals surface area contributed by atoms with E-state index in [9.17, 15) is 14.7 Å². The van der Waals surface area contributed by atoms with Crippen molar-refractivity contribution in [3.63, 3.8) is 0 Å². The minimum Gasteiger partial charge on any atom is -0.388 e. The number of para-hydroxylation sites is 1. The Morgan fingerprint density at radius 3 is 2.90 bits per heavy atom. The van der Waals surface area contributed by atoms with E-state index < -0.39 is 6.10 Å². The highest BCUT2D eigenvalue weighted by Gasteiger charge is 2.27. The van der Waals surface area contributed by atoms with E-state index in [1.165, 1.54) is 12.3 Å². The van der Waals surface area contributed by atoms with Crippen LogP contribution in [-0.2, 0) is 0 Å². The highest BCUT2D eigenvalue weighted by Crippen LogP contribution is 2.34. The number of nitrogens with one attached hydrogen (secondary N) is 1. The molecule has 3 rings (SSSR count). The number of aliphatic hydroxyl groups excluding tert-OH is 1. The van der Waals surface area contributed by atoms with Gasteiger partial charge in [-0.3, -0.25) is 9.59 Å². The molecule has 0 bridgehead atoms. The van der Waals surface area contributed by atoms with Gasteiger partial charge in [-0.2, -0.15) is 0 Å². The van der Waals surface area contributed by atoms with Crippen LogP contribution in [0.3, 0.4) is 0 Å². The molecule has 0 radical (unpaired) electrons. The minimum atomic E-state index is -0.547. The molecule has 1 unspecified atom stereocenters. The zero-order valence-electron chi connectivity index (χ0n) is 10.7. The molecule has 0 aliphatic carbocycles. The molecule has 1 aromatic carbocycles. The molecular weight excluding hydrogens is 256 g/mol. The number of benzene rings is 1. The molecule has 20 heavy (non-hydrogen) atoms. The van der Waals surface area contributed by atoms with Gasteiger partial charge in [0.15, 0.2) is 0 Å². The van der Waals surface area contributed by atoms with Crippen LogP contribution in [0.25, 0.3) is 0 Å². The van der Waals surface area contributed by atoms with Crippen molar-refractivity contribution in [1.82, 2.24) is 4.98 Å². The maximum atomic E-state index is 12.5. The number of nitrogens with zero attached hydrogens (tertiary/aromatic N) is 1. The molecule has 102 valence electrons. The Balaban J connectivity index is 2.01. The van der Waals surface area contributed by atoms with Crippen molar-refractivity contribution in [2.75, 3.05) is 11.4 Å². The lowest BCUT2D eigenvalue weighted by atomic mass is 9.98. The number of aromatic nitrogens is 1. The predicted molar refractivity (Wildman–Crippen MR) is 74.8 cm³/mol. The van der Waals surface area contributed by atoms with Crippen molar-refractivity contribution in [2.45, 2.75) is 12.5 Å². The number of aliphatic hydroxyl groups is 1. The SMILES string of the molecule is O=C(c1cc[nH]c(=O)c1)N1CCC(O)c2ccccc21. The van der Waals surface area contributed by atoms with Gasteiger partial charge in [0.25, 0.3) is 5.91 Å². The van der Waals surface area contributed by atoms with E-state index >= 15 is 0 Å². The summed E-state index contributed by atoms with van der Waals surface area (Å²) in [5.74, 6) is -0.226. The number of hydrogen-bond acceptors (Lipinski definition) is 3. The first-order valence-corrected chi connectivity index (χ1v) is 6.44. The number of carbonyl (C=O) groups excluding carboxylic acids is 1. The van der Waals surface area contributed by atoms with Gasteiger partial charge in [0.2, 0.25) is 5.56 Å². The van der Waals surface area contributed by atoms with Crippen LogP contribution in [-0.4, -0.2) is 22.5 Å². The average molecular weight is 270 g/mol. The molecule has 0 spiro atoms. The maximum Gasteiger partial charge on any atom is 0.258 e. The Labute approximate surface area is 115 Å². The van der Waals surface area contributed by atoms with Crippen molar-refractivity contribution in [2.24, 2.45) is 0 Å². The van der Waals surface area contributed by atoms with Crippen molar-refractivity contribution in [3.05, 3.63) is 64.1 Å². The van der Waals surface area contributed by atoms with E-state index in [0.29, 0.717) is 24.2 Å². The second kappa shape index (κ2) is 4.94. The molecule has 1 aromatic heterocycles. The van der Waals surface area contributed by atoms with E-state index in [4.69, 9.17) is 0 Å². The zero-order chi connectivity index (χ0) is 14.1. The molecule has 1 aliphatic rings. The number of rotatable bonds is 1. The van der Waals surface area contributed by atoms with Crippen LogP contribution in [0.2, 0.25) is 0 Å². The van der Waals surface area contributed by atoms with Gasteiger partial charge in [0.1, 0.15) is 0 Å². The van der Waals surface area contributed by atoms with Crippen LogP contribution >= 0.6 is 0 Å². The summed E-state index contributed by atoms with van der Waals surface area (Å²) in [5.41, 5.74) is 1.49. The molecule has 2 N–H and O–H groups in total. The fourth-order valence-electron chi connectivity index (χ4n) is 2.49. The number of aromatic amines is 1. The summed E-state index contributed by atoms with van der Waals surface area (Å²) in [4.78, 5) is 27.9. The standard InChI is InChI=1S/C15H14N2O3/c18-13-6-8-17(12-4-2-1-3-11(12)13)15(20)10-5-7-16-14(19)9-10/h1-5,7,9,13,18H,6,8H2,(H,16,19). The monoisotopic (exact) mass is 270 g/mol. The molecule has 0 saturated heterocycles. The number of carbonyl (C=O) groups is 1. The van der Waals surface area contributed by atoms with E-state index in [0.717, 1.165) is 5.56 Å². The summed E-state index contributed by atoms with van der Waals surface area (Å²) in [7, 11) is 0. The van der Waals surface area contributed by atoms with Gasteiger partial charge in [0, 0.05) is 35.6 Å². The number of pyridine rings is 1. The van der Waals surface area contributed by atoms with Crippen LogP contribution in [0.1, 0.15) is 28.4 Å². The van der Waals surface area contributed by atoms with Crippen molar-refractivity contribution in [1.29, 1.82) is 0 Å². The molecule has 0 saturated carbocycles. The third-order valence-corrected chi connectivity index (χ3v) is 3.48. The first-order chi connectivity index (χ1) is 9.66. The number of amides is 1. The van der Waals surface area contributed by atoms with E-state index in [-0.39, 0.29) is 11.5 Å². The first kappa shape index (κ1) is 12.6. The molecule has 1 aliphatic heterocycles. The largest absolute Gasteiger partial charge is 0.388 e. The lowest BCUT2D eigenvalue weighted by Gasteiger charge is -2.32. The molecular formula is C15H14N2O3. The van der Waals surface area contributed by atoms with Gasteiger partial charge in [0.05, 0.1) is 6.10 Å². The normalized spacial score (nSPS) is 17.6. The van der Waals surface area contributed by atoms with Gasteiger partial charge >= 0.3 is 0 Å². The van der Waals surface area contributed by atoms with Gasteiger partial charge in [-0.15, -0.1) is 0 Å². The average Bonchev–Trinajstić information content (AvgIpc) is 2.47. The maximum absolute atomic E-state index is 12.5. The van der Waals surface area contributed by atoms with Gasteiger partial charge in [-0.25, -0.2) is 0 Å². The Morgan fingerprint density at radius 2 is 2.10 bits per heavy atom. The first-order valence-electron chi connectivity index (χ1n) is 6.44.